The van der Waals surface area contributed by atoms with Gasteiger partial charge in [0, 0.05) is 13.0 Å². The highest BCUT2D eigenvalue weighted by molar-refractivity contribution is 5.98. The number of nitro benzene ring substituents is 3. The third-order valence-corrected chi connectivity index (χ3v) is 3.65. The number of hydrogen-bond acceptors (Lipinski definition) is 10. The summed E-state index contributed by atoms with van der Waals surface area (Å²) in [6.45, 7) is 0.702. The van der Waals surface area contributed by atoms with Gasteiger partial charge in [0.15, 0.2) is 5.78 Å². The number of phenolic OH excluding ortho intramolecular Hbond substituents is 2. The van der Waals surface area contributed by atoms with Crippen LogP contribution < -0.4 is 0 Å². The number of Topliss-reactive ketones (excluding diaryl/α,β-unsaturated/α-hetero) is 1. The van der Waals surface area contributed by atoms with Crippen molar-refractivity contribution in [3.05, 3.63) is 72.3 Å². The van der Waals surface area contributed by atoms with Crippen LogP contribution in [0, 0.1) is 30.3 Å². The molecule has 0 aliphatic rings. The minimum atomic E-state index is -1.21. The van der Waals surface area contributed by atoms with Crippen LogP contribution in [0.5, 0.6) is 11.5 Å². The lowest BCUT2D eigenvalue weighted by atomic mass is 10.1. The van der Waals surface area contributed by atoms with Crippen molar-refractivity contribution in [2.24, 2.45) is 0 Å². The number of carbonyl (C=O) groups is 1. The highest BCUT2D eigenvalue weighted by Gasteiger charge is 2.30. The largest absolute Gasteiger partial charge is 0.507 e. The molecular weight excluding hydrogens is 404 g/mol. The monoisotopic (exact) mass is 422 g/mol. The van der Waals surface area contributed by atoms with Crippen molar-refractivity contribution in [3.63, 3.8) is 0 Å². The first-order valence-electron chi connectivity index (χ1n) is 8.21. The second kappa shape index (κ2) is 10.4. The number of nitro groups is 3. The minimum absolute atomic E-state index is 0.0169. The fourth-order valence-electron chi connectivity index (χ4n) is 2.14. The van der Waals surface area contributed by atoms with Crippen molar-refractivity contribution in [2.45, 2.75) is 6.42 Å². The van der Waals surface area contributed by atoms with Crippen LogP contribution in [0.2, 0.25) is 0 Å². The summed E-state index contributed by atoms with van der Waals surface area (Å²) >= 11 is 0. The summed E-state index contributed by atoms with van der Waals surface area (Å²) < 4.78 is 0. The molecule has 0 heterocycles. The highest BCUT2D eigenvalue weighted by atomic mass is 16.6. The first-order chi connectivity index (χ1) is 14.0. The predicted molar refractivity (Wildman–Crippen MR) is 104 cm³/mol. The summed E-state index contributed by atoms with van der Waals surface area (Å²) in [5.41, 5.74) is -2.59. The van der Waals surface area contributed by atoms with E-state index in [1.54, 1.807) is 18.2 Å². The van der Waals surface area contributed by atoms with Crippen LogP contribution in [0.15, 0.2) is 36.4 Å². The normalized spacial score (nSPS) is 10.1. The Labute approximate surface area is 169 Å². The van der Waals surface area contributed by atoms with E-state index in [0.29, 0.717) is 30.7 Å². The fourth-order valence-corrected chi connectivity index (χ4v) is 2.14. The average molecular weight is 422 g/mol. The molecule has 0 unspecified atom stereocenters. The summed E-state index contributed by atoms with van der Waals surface area (Å²) in [6.07, 6.45) is 0.435. The van der Waals surface area contributed by atoms with E-state index in [9.17, 15) is 40.2 Å². The first-order valence-corrected chi connectivity index (χ1v) is 8.21. The van der Waals surface area contributed by atoms with Crippen LogP contribution in [-0.4, -0.2) is 56.3 Å². The van der Waals surface area contributed by atoms with Gasteiger partial charge < -0.3 is 15.1 Å². The van der Waals surface area contributed by atoms with Gasteiger partial charge >= 0.3 is 11.4 Å². The Hall–Kier alpha value is -4.13. The summed E-state index contributed by atoms with van der Waals surface area (Å²) in [5, 5.41) is 49.6. The molecule has 0 aliphatic carbocycles. The molecule has 0 amide bonds. The molecule has 0 aliphatic heterocycles. The molecule has 0 spiro atoms. The molecule has 0 saturated heterocycles. The molecule has 160 valence electrons. The van der Waals surface area contributed by atoms with E-state index in [1.165, 1.54) is 6.07 Å². The van der Waals surface area contributed by atoms with Crippen molar-refractivity contribution in [1.29, 1.82) is 0 Å². The maximum Gasteiger partial charge on any atom is 0.324 e. The zero-order chi connectivity index (χ0) is 23.0. The van der Waals surface area contributed by atoms with Crippen molar-refractivity contribution in [3.8, 4) is 11.5 Å². The van der Waals surface area contributed by atoms with Crippen molar-refractivity contribution >= 4 is 22.8 Å². The van der Waals surface area contributed by atoms with E-state index in [0.717, 1.165) is 0 Å². The zero-order valence-corrected chi connectivity index (χ0v) is 15.9. The third-order valence-electron chi connectivity index (χ3n) is 3.65. The van der Waals surface area contributed by atoms with Crippen molar-refractivity contribution < 1.29 is 29.8 Å². The van der Waals surface area contributed by atoms with Crippen molar-refractivity contribution in [2.75, 3.05) is 20.6 Å². The van der Waals surface area contributed by atoms with Gasteiger partial charge in [0.25, 0.3) is 11.4 Å². The lowest BCUT2D eigenvalue weighted by Gasteiger charge is -2.08. The Balaban J connectivity index is 0.000000303. The van der Waals surface area contributed by atoms with E-state index in [2.05, 4.69) is 0 Å². The number of benzene rings is 2. The van der Waals surface area contributed by atoms with Gasteiger partial charge in [-0.1, -0.05) is 12.1 Å². The average Bonchev–Trinajstić information content (AvgIpc) is 2.66. The molecule has 0 radical (unpaired) electrons. The molecule has 0 fully saturated rings. The van der Waals surface area contributed by atoms with Gasteiger partial charge in [-0.15, -0.1) is 0 Å². The maximum atomic E-state index is 11.6. The second-order valence-electron chi connectivity index (χ2n) is 6.10. The Kier molecular flexibility index (Phi) is 8.31. The van der Waals surface area contributed by atoms with Crippen LogP contribution in [-0.2, 0) is 0 Å². The van der Waals surface area contributed by atoms with E-state index in [4.69, 9.17) is 5.11 Å². The highest BCUT2D eigenvalue weighted by Crippen LogP contribution is 2.38. The summed E-state index contributed by atoms with van der Waals surface area (Å²) in [4.78, 5) is 41.3. The molecule has 30 heavy (non-hydrogen) atoms. The van der Waals surface area contributed by atoms with Gasteiger partial charge in [-0.2, -0.15) is 0 Å². The summed E-state index contributed by atoms with van der Waals surface area (Å²) in [5.74, 6) is -1.16. The number of carbonyl (C=O) groups excluding carboxylic acids is 1. The van der Waals surface area contributed by atoms with Gasteiger partial charge in [0.05, 0.1) is 32.5 Å². The smallest absolute Gasteiger partial charge is 0.324 e. The van der Waals surface area contributed by atoms with E-state index < -0.39 is 37.6 Å². The topological polar surface area (TPSA) is 190 Å². The molecule has 13 heteroatoms. The quantitative estimate of drug-likeness (QED) is 0.381. The molecule has 0 aromatic heterocycles. The van der Waals surface area contributed by atoms with Crippen LogP contribution in [0.3, 0.4) is 0 Å². The lowest BCUT2D eigenvalue weighted by Crippen LogP contribution is -2.16. The summed E-state index contributed by atoms with van der Waals surface area (Å²) in [7, 11) is 3.83. The van der Waals surface area contributed by atoms with Crippen LogP contribution in [0.1, 0.15) is 16.8 Å². The predicted octanol–water partition coefficient (Wildman–Crippen LogP) is 2.64. The third kappa shape index (κ3) is 6.49. The molecule has 2 aromatic carbocycles. The van der Waals surface area contributed by atoms with Gasteiger partial charge in [-0.05, 0) is 26.2 Å². The van der Waals surface area contributed by atoms with Gasteiger partial charge in [0.1, 0.15) is 5.75 Å². The Morgan fingerprint density at radius 3 is 1.83 bits per heavy atom. The Morgan fingerprint density at radius 2 is 1.43 bits per heavy atom. The number of nitrogens with zero attached hydrogens (tertiary/aromatic N) is 4. The molecule has 13 nitrogen and oxygen atoms in total. The molecule has 0 saturated carbocycles. The summed E-state index contributed by atoms with van der Waals surface area (Å²) in [6, 6.07) is 7.53. The number of ketones is 1. The van der Waals surface area contributed by atoms with Crippen LogP contribution in [0.4, 0.5) is 17.1 Å². The van der Waals surface area contributed by atoms with Crippen LogP contribution in [0.25, 0.3) is 0 Å². The standard InChI is InChI=1S/C11H15NO2.C6H3N3O7/c1-12(2)8-7-11(14)9-5-3-4-6-10(9)13;10-6-4(8(13)14)1-3(7(11)12)2-5(6)9(15)16/h3-6,13H,7-8H2,1-2H3;1-2,10H. The minimum Gasteiger partial charge on any atom is -0.507 e. The lowest BCUT2D eigenvalue weighted by molar-refractivity contribution is -0.404. The number of para-hydroxylation sites is 1. The SMILES string of the molecule is CN(C)CCC(=O)c1ccccc1O.O=[N+]([O-])c1cc([N+](=O)[O-])c(O)c([N+](=O)[O-])c1. The number of rotatable bonds is 7. The van der Waals surface area contributed by atoms with Gasteiger partial charge in [-0.3, -0.25) is 35.1 Å². The molecule has 2 rings (SSSR count). The van der Waals surface area contributed by atoms with E-state index in [-0.39, 0.29) is 11.5 Å². The number of non-ortho nitro benzene ring substituents is 1. The van der Waals surface area contributed by atoms with Crippen LogP contribution >= 0.6 is 0 Å². The van der Waals surface area contributed by atoms with Crippen molar-refractivity contribution in [1.82, 2.24) is 4.90 Å². The zero-order valence-electron chi connectivity index (χ0n) is 15.9. The molecule has 2 N–H and O–H groups in total. The molecule has 0 bridgehead atoms. The number of aromatic hydroxyl groups is 2. The van der Waals surface area contributed by atoms with Gasteiger partial charge in [0.2, 0.25) is 0 Å². The maximum absolute atomic E-state index is 11.6. The fraction of sp³-hybridized carbons (Fsp3) is 0.235. The Bertz CT molecular complexity index is 940. The second-order valence-corrected chi connectivity index (χ2v) is 6.10. The number of phenols is 2. The number of hydrogen-bond donors (Lipinski definition) is 2. The van der Waals surface area contributed by atoms with E-state index in [1.807, 2.05) is 19.0 Å². The Morgan fingerprint density at radius 1 is 0.933 bits per heavy atom. The molecule has 0 atom stereocenters. The van der Waals surface area contributed by atoms with Gasteiger partial charge in [-0.25, -0.2) is 0 Å². The first kappa shape index (κ1) is 23.9. The van der Waals surface area contributed by atoms with E-state index >= 15 is 0 Å². The molecule has 2 aromatic rings. The molecular formula is C17H18N4O9.